The Kier molecular flexibility index (Phi) is 5.61. The van der Waals surface area contributed by atoms with Crippen LogP contribution < -0.4 is 10.6 Å². The average Bonchev–Trinajstić information content (AvgIpc) is 3.56. The first-order valence-corrected chi connectivity index (χ1v) is 9.74. The molecule has 2 N–H and O–H groups in total. The second-order valence-corrected chi connectivity index (χ2v) is 7.48. The van der Waals surface area contributed by atoms with Crippen LogP contribution in [0, 0.1) is 5.92 Å². The Labute approximate surface area is 179 Å². The third kappa shape index (κ3) is 5.42. The fourth-order valence-corrected chi connectivity index (χ4v) is 2.78. The minimum Gasteiger partial charge on any atom is -0.354 e. The van der Waals surface area contributed by atoms with E-state index in [2.05, 4.69) is 35.6 Å². The zero-order valence-electron chi connectivity index (χ0n) is 16.8. The molecule has 32 heavy (non-hydrogen) atoms. The molecule has 4 rings (SSSR count). The van der Waals surface area contributed by atoms with Crippen molar-refractivity contribution in [1.82, 2.24) is 24.9 Å². The molecule has 0 spiro atoms. The molecule has 1 aliphatic carbocycles. The van der Waals surface area contributed by atoms with Crippen LogP contribution in [0.25, 0.3) is 11.5 Å². The molecule has 0 saturated heterocycles. The van der Waals surface area contributed by atoms with Crippen molar-refractivity contribution in [2.45, 2.75) is 31.9 Å². The fourth-order valence-electron chi connectivity index (χ4n) is 2.78. The number of nitrogens with one attached hydrogen (secondary N) is 2. The first-order chi connectivity index (χ1) is 15.1. The Morgan fingerprint density at radius 1 is 0.938 bits per heavy atom. The maximum absolute atomic E-state index is 13.6. The van der Waals surface area contributed by atoms with Gasteiger partial charge in [-0.15, -0.1) is 0 Å². The van der Waals surface area contributed by atoms with E-state index in [4.69, 9.17) is 0 Å². The first-order valence-electron chi connectivity index (χ1n) is 9.74. The number of alkyl halides is 5. The predicted molar refractivity (Wildman–Crippen MR) is 106 cm³/mol. The SMILES string of the molecule is CC(F)(F)c1cc(Nc2nc(NCC3CC3)nc(-c3cccc(C(F)(F)F)n3)n2)ccn1. The van der Waals surface area contributed by atoms with E-state index >= 15 is 0 Å². The number of aromatic nitrogens is 5. The van der Waals surface area contributed by atoms with E-state index in [1.807, 2.05) is 0 Å². The van der Waals surface area contributed by atoms with Gasteiger partial charge in [-0.25, -0.2) is 4.98 Å². The topological polar surface area (TPSA) is 88.5 Å². The largest absolute Gasteiger partial charge is 0.433 e. The highest BCUT2D eigenvalue weighted by molar-refractivity contribution is 5.59. The molecule has 0 aliphatic heterocycles. The van der Waals surface area contributed by atoms with Gasteiger partial charge in [0.25, 0.3) is 5.92 Å². The van der Waals surface area contributed by atoms with Gasteiger partial charge in [0.15, 0.2) is 5.82 Å². The molecule has 3 aromatic heterocycles. The second-order valence-electron chi connectivity index (χ2n) is 7.48. The lowest BCUT2D eigenvalue weighted by atomic mass is 10.2. The maximum atomic E-state index is 13.6. The number of anilines is 3. The molecule has 3 heterocycles. The Morgan fingerprint density at radius 3 is 2.38 bits per heavy atom. The lowest BCUT2D eigenvalue weighted by Gasteiger charge is -2.13. The molecule has 0 radical (unpaired) electrons. The van der Waals surface area contributed by atoms with Gasteiger partial charge in [0.1, 0.15) is 17.1 Å². The van der Waals surface area contributed by atoms with E-state index in [0.717, 1.165) is 31.9 Å². The lowest BCUT2D eigenvalue weighted by molar-refractivity contribution is -0.141. The zero-order valence-corrected chi connectivity index (χ0v) is 16.8. The summed E-state index contributed by atoms with van der Waals surface area (Å²) in [6.45, 7) is 1.32. The molecule has 0 atom stereocenters. The zero-order chi connectivity index (χ0) is 22.9. The van der Waals surface area contributed by atoms with E-state index in [0.29, 0.717) is 12.5 Å². The van der Waals surface area contributed by atoms with Gasteiger partial charge in [-0.3, -0.25) is 4.98 Å². The summed E-state index contributed by atoms with van der Waals surface area (Å²) < 4.78 is 66.4. The smallest absolute Gasteiger partial charge is 0.354 e. The second kappa shape index (κ2) is 8.24. The standard InChI is InChI=1S/C20H18F5N7/c1-19(21,22)15-9-12(7-8-26-15)28-18-31-16(30-17(32-18)27-10-11-5-6-11)13-3-2-4-14(29-13)20(23,24)25/h2-4,7-9,11H,5-6,10H2,1H3,(H2,26,27,28,30,31,32). The van der Waals surface area contributed by atoms with Crippen molar-refractivity contribution in [2.75, 3.05) is 17.2 Å². The molecular formula is C20H18F5N7. The number of halogens is 5. The molecule has 0 bridgehead atoms. The van der Waals surface area contributed by atoms with Gasteiger partial charge >= 0.3 is 6.18 Å². The molecule has 12 heteroatoms. The summed E-state index contributed by atoms with van der Waals surface area (Å²) in [7, 11) is 0. The first kappa shape index (κ1) is 21.8. The molecule has 0 amide bonds. The number of hydrogen-bond donors (Lipinski definition) is 2. The summed E-state index contributed by atoms with van der Waals surface area (Å²) in [5.74, 6) is -2.67. The van der Waals surface area contributed by atoms with E-state index in [9.17, 15) is 22.0 Å². The Bertz CT molecular complexity index is 1110. The molecule has 168 valence electrons. The third-order valence-corrected chi connectivity index (χ3v) is 4.62. The Hall–Kier alpha value is -3.44. The van der Waals surface area contributed by atoms with Crippen molar-refractivity contribution in [3.8, 4) is 11.5 Å². The third-order valence-electron chi connectivity index (χ3n) is 4.62. The van der Waals surface area contributed by atoms with Gasteiger partial charge in [-0.05, 0) is 43.0 Å². The highest BCUT2D eigenvalue weighted by Gasteiger charge is 2.33. The van der Waals surface area contributed by atoms with Crippen LogP contribution in [-0.4, -0.2) is 31.5 Å². The van der Waals surface area contributed by atoms with E-state index < -0.39 is 23.5 Å². The minimum absolute atomic E-state index is 0.0379. The van der Waals surface area contributed by atoms with Crippen LogP contribution in [0.1, 0.15) is 31.2 Å². The molecule has 3 aromatic rings. The fraction of sp³-hybridized carbons (Fsp3) is 0.350. The van der Waals surface area contributed by atoms with Crippen molar-refractivity contribution in [1.29, 1.82) is 0 Å². The molecule has 1 saturated carbocycles. The quantitative estimate of drug-likeness (QED) is 0.488. The van der Waals surface area contributed by atoms with Crippen molar-refractivity contribution >= 4 is 17.6 Å². The predicted octanol–water partition coefficient (Wildman–Crippen LogP) is 5.02. The summed E-state index contributed by atoms with van der Waals surface area (Å²) >= 11 is 0. The maximum Gasteiger partial charge on any atom is 0.433 e. The van der Waals surface area contributed by atoms with Gasteiger partial charge in [-0.2, -0.15) is 36.9 Å². The van der Waals surface area contributed by atoms with Crippen LogP contribution in [0.4, 0.5) is 39.5 Å². The normalized spacial score (nSPS) is 14.3. The van der Waals surface area contributed by atoms with Crippen LogP contribution in [0.15, 0.2) is 36.5 Å². The van der Waals surface area contributed by atoms with Crippen molar-refractivity contribution in [3.63, 3.8) is 0 Å². The monoisotopic (exact) mass is 451 g/mol. The van der Waals surface area contributed by atoms with Gasteiger partial charge in [-0.1, -0.05) is 6.07 Å². The van der Waals surface area contributed by atoms with Gasteiger partial charge in [0, 0.05) is 25.4 Å². The Balaban J connectivity index is 1.68. The molecule has 1 aliphatic rings. The van der Waals surface area contributed by atoms with Crippen molar-refractivity contribution in [3.05, 3.63) is 47.9 Å². The van der Waals surface area contributed by atoms with Crippen LogP contribution >= 0.6 is 0 Å². The molecule has 0 aromatic carbocycles. The van der Waals surface area contributed by atoms with Crippen LogP contribution in [-0.2, 0) is 12.1 Å². The van der Waals surface area contributed by atoms with Crippen molar-refractivity contribution < 1.29 is 22.0 Å². The summed E-state index contributed by atoms with van der Waals surface area (Å²) in [5.41, 5.74) is -1.40. The van der Waals surface area contributed by atoms with Crippen LogP contribution in [0.2, 0.25) is 0 Å². The van der Waals surface area contributed by atoms with Gasteiger partial charge in [0.2, 0.25) is 11.9 Å². The molecular weight excluding hydrogens is 433 g/mol. The lowest BCUT2D eigenvalue weighted by Crippen LogP contribution is -2.13. The molecule has 7 nitrogen and oxygen atoms in total. The summed E-state index contributed by atoms with van der Waals surface area (Å²) in [6, 6.07) is 5.99. The van der Waals surface area contributed by atoms with Crippen LogP contribution in [0.5, 0.6) is 0 Å². The number of rotatable bonds is 7. The number of nitrogens with zero attached hydrogens (tertiary/aromatic N) is 5. The highest BCUT2D eigenvalue weighted by atomic mass is 19.4. The summed E-state index contributed by atoms with van der Waals surface area (Å²) in [6.07, 6.45) is -1.29. The van der Waals surface area contributed by atoms with E-state index in [1.165, 1.54) is 24.4 Å². The summed E-state index contributed by atoms with van der Waals surface area (Å²) in [5, 5.41) is 5.83. The van der Waals surface area contributed by atoms with Crippen LogP contribution in [0.3, 0.4) is 0 Å². The molecule has 0 unspecified atom stereocenters. The summed E-state index contributed by atoms with van der Waals surface area (Å²) in [4.78, 5) is 19.8. The highest BCUT2D eigenvalue weighted by Crippen LogP contribution is 2.31. The van der Waals surface area contributed by atoms with Gasteiger partial charge < -0.3 is 10.6 Å². The Morgan fingerprint density at radius 2 is 1.69 bits per heavy atom. The van der Waals surface area contributed by atoms with Crippen molar-refractivity contribution in [2.24, 2.45) is 5.92 Å². The number of pyridine rings is 2. The van der Waals surface area contributed by atoms with E-state index in [-0.39, 0.29) is 29.1 Å². The van der Waals surface area contributed by atoms with E-state index in [1.54, 1.807) is 0 Å². The average molecular weight is 451 g/mol. The molecule has 1 fully saturated rings. The van der Waals surface area contributed by atoms with Gasteiger partial charge in [0.05, 0.1) is 0 Å². The minimum atomic E-state index is -4.63. The number of hydrogen-bond acceptors (Lipinski definition) is 7.